The summed E-state index contributed by atoms with van der Waals surface area (Å²) in [5.41, 5.74) is 16.0. The van der Waals surface area contributed by atoms with E-state index in [0.717, 1.165) is 34.9 Å². The van der Waals surface area contributed by atoms with Crippen molar-refractivity contribution in [3.63, 3.8) is 0 Å². The van der Waals surface area contributed by atoms with Gasteiger partial charge in [0.25, 0.3) is 0 Å². The normalized spacial score (nSPS) is 23.3. The Morgan fingerprint density at radius 2 is 1.93 bits per heavy atom. The molecule has 220 valence electrons. The highest BCUT2D eigenvalue weighted by atomic mass is 32.2. The second-order valence-electron chi connectivity index (χ2n) is 11.1. The lowest BCUT2D eigenvalue weighted by atomic mass is 9.75. The van der Waals surface area contributed by atoms with Gasteiger partial charge in [-0.2, -0.15) is 5.26 Å². The first-order valence-electron chi connectivity index (χ1n) is 14.0. The highest BCUT2D eigenvalue weighted by Crippen LogP contribution is 2.45. The van der Waals surface area contributed by atoms with Gasteiger partial charge in [-0.25, -0.2) is 9.37 Å². The molecule has 5 N–H and O–H groups in total. The molecule has 41 heavy (non-hydrogen) atoms. The Kier molecular flexibility index (Phi) is 10.3. The number of amides is 1. The molecule has 1 unspecified atom stereocenters. The molecule has 8 nitrogen and oxygen atoms in total. The lowest BCUT2D eigenvalue weighted by molar-refractivity contribution is -0.128. The number of allylic oxidation sites excluding steroid dienone is 3. The summed E-state index contributed by atoms with van der Waals surface area (Å²) in [7, 11) is 0. The van der Waals surface area contributed by atoms with E-state index in [9.17, 15) is 19.0 Å². The molecule has 1 aliphatic carbocycles. The summed E-state index contributed by atoms with van der Waals surface area (Å²) < 4.78 is 26.5. The summed E-state index contributed by atoms with van der Waals surface area (Å²) in [6.45, 7) is 7.01. The Morgan fingerprint density at radius 1 is 1.24 bits per heavy atom. The van der Waals surface area contributed by atoms with Gasteiger partial charge in [0.1, 0.15) is 28.7 Å². The molecule has 1 aliphatic heterocycles. The summed E-state index contributed by atoms with van der Waals surface area (Å²) in [6.07, 6.45) is 3.21. The topological polar surface area (TPSA) is 144 Å². The molecule has 2 aromatic rings. The zero-order valence-electron chi connectivity index (χ0n) is 23.8. The van der Waals surface area contributed by atoms with Crippen molar-refractivity contribution in [1.82, 2.24) is 10.3 Å². The van der Waals surface area contributed by atoms with Crippen LogP contribution in [0.25, 0.3) is 16.1 Å². The van der Waals surface area contributed by atoms with Crippen molar-refractivity contribution in [1.29, 1.82) is 5.26 Å². The van der Waals surface area contributed by atoms with Crippen molar-refractivity contribution in [2.45, 2.75) is 58.2 Å². The zero-order valence-corrected chi connectivity index (χ0v) is 25.4. The monoisotopic (exact) mass is 598 g/mol. The molecule has 1 aromatic carbocycles. The van der Waals surface area contributed by atoms with Gasteiger partial charge in [-0.1, -0.05) is 37.2 Å². The van der Waals surface area contributed by atoms with E-state index in [2.05, 4.69) is 28.4 Å². The minimum absolute atomic E-state index is 0.0731. The Labute approximate surface area is 248 Å². The largest absolute Gasteiger partial charge is 0.616 e. The maximum absolute atomic E-state index is 14.7. The maximum atomic E-state index is 14.7. The first-order chi connectivity index (χ1) is 19.6. The van der Waals surface area contributed by atoms with Gasteiger partial charge in [-0.3, -0.25) is 4.79 Å². The molecule has 1 saturated heterocycles. The van der Waals surface area contributed by atoms with Gasteiger partial charge in [0.05, 0.1) is 35.4 Å². The summed E-state index contributed by atoms with van der Waals surface area (Å²) in [4.78, 5) is 21.5. The minimum Gasteiger partial charge on any atom is -0.616 e. The van der Waals surface area contributed by atoms with E-state index in [0.29, 0.717) is 40.7 Å². The van der Waals surface area contributed by atoms with Crippen molar-refractivity contribution in [3.05, 3.63) is 52.8 Å². The molecule has 1 aromatic heterocycles. The molecular weight excluding hydrogens is 560 g/mol. The van der Waals surface area contributed by atoms with Crippen LogP contribution in [0.4, 0.5) is 10.1 Å². The number of nitrogens with two attached hydrogens (primary N) is 2. The van der Waals surface area contributed by atoms with Gasteiger partial charge in [-0.15, -0.1) is 11.3 Å². The highest BCUT2D eigenvalue weighted by Gasteiger charge is 2.40. The third-order valence-electron chi connectivity index (χ3n) is 7.68. The number of rotatable bonds is 8. The second kappa shape index (κ2) is 13.7. The standard InChI is InChI=1S/C30H39FN6O2S2/c1-18(2)26(17-32)35-29(38)24-16-21(31)7-10-23(24)27-28(40-30(36-27)25(34)11-4-19(3)33)20-5-8-22(9-6-20)37-12-14-41(39)15-13-37/h4-6,8-9,11,18,21,23-24,26H,7,10,12-16,33-34H2,1-3H3,(H,35,38)/b19-4-,25-11-/t21-,23+,24?,26+/m0/s1. The molecule has 0 spiro atoms. The average molecular weight is 599 g/mol. The van der Waals surface area contributed by atoms with Crippen LogP contribution in [-0.2, 0) is 16.0 Å². The van der Waals surface area contributed by atoms with Gasteiger partial charge in [-0.05, 0) is 62.0 Å². The molecule has 4 atom stereocenters. The molecular formula is C30H39FN6O2S2. The first kappa shape index (κ1) is 30.9. The number of anilines is 1. The second-order valence-corrected chi connectivity index (χ2v) is 13.8. The smallest absolute Gasteiger partial charge is 0.224 e. The molecule has 1 amide bonds. The predicted octanol–water partition coefficient (Wildman–Crippen LogP) is 4.43. The molecule has 4 rings (SSSR count). The Balaban J connectivity index is 1.72. The van der Waals surface area contributed by atoms with Gasteiger partial charge in [0.15, 0.2) is 0 Å². The number of thiazole rings is 1. The Bertz CT molecular complexity index is 1310. The zero-order chi connectivity index (χ0) is 29.7. The maximum Gasteiger partial charge on any atom is 0.224 e. The third-order valence-corrected chi connectivity index (χ3v) is 10.1. The molecule has 2 heterocycles. The van der Waals surface area contributed by atoms with Gasteiger partial charge in [0.2, 0.25) is 5.91 Å². The van der Waals surface area contributed by atoms with Crippen molar-refractivity contribution in [2.75, 3.05) is 29.5 Å². The summed E-state index contributed by atoms with van der Waals surface area (Å²) >= 11 is 0.686. The molecule has 0 radical (unpaired) electrons. The van der Waals surface area contributed by atoms with E-state index >= 15 is 0 Å². The van der Waals surface area contributed by atoms with E-state index in [1.54, 1.807) is 19.1 Å². The van der Waals surface area contributed by atoms with Crippen molar-refractivity contribution in [2.24, 2.45) is 23.3 Å². The van der Waals surface area contributed by atoms with Crippen molar-refractivity contribution in [3.8, 4) is 16.5 Å². The predicted molar refractivity (Wildman–Crippen MR) is 165 cm³/mol. The summed E-state index contributed by atoms with van der Waals surface area (Å²) in [5.74, 6) is -0.0540. The quantitative estimate of drug-likeness (QED) is 0.301. The van der Waals surface area contributed by atoms with Crippen LogP contribution in [0.15, 0.2) is 42.1 Å². The Hall–Kier alpha value is -3.07. The number of nitrogens with one attached hydrogen (secondary N) is 1. The molecule has 2 aliphatic rings. The molecule has 2 fully saturated rings. The fourth-order valence-electron chi connectivity index (χ4n) is 5.27. The SMILES string of the molecule is C/C(N)=C/C=C(\N)c1nc([C@@H]2CC[C@H](F)CC2C(=O)N[C@H](C#N)C(C)C)c(-c2ccc(N3CC[S+]([O-])CC3)cc2)s1. The minimum atomic E-state index is -1.09. The number of benzene rings is 1. The highest BCUT2D eigenvalue weighted by molar-refractivity contribution is 7.91. The number of aromatic nitrogens is 1. The number of alkyl halides is 1. The van der Waals surface area contributed by atoms with E-state index in [1.807, 2.05) is 26.0 Å². The summed E-state index contributed by atoms with van der Waals surface area (Å²) in [5, 5.41) is 13.0. The van der Waals surface area contributed by atoms with Crippen LogP contribution in [0.1, 0.15) is 56.7 Å². The lowest BCUT2D eigenvalue weighted by Gasteiger charge is -2.33. The fourth-order valence-corrected chi connectivity index (χ4v) is 7.40. The van der Waals surface area contributed by atoms with E-state index in [-0.39, 0.29) is 24.2 Å². The molecule has 1 saturated carbocycles. The van der Waals surface area contributed by atoms with E-state index in [1.165, 1.54) is 11.3 Å². The van der Waals surface area contributed by atoms with Crippen LogP contribution in [0.3, 0.4) is 0 Å². The first-order valence-corrected chi connectivity index (χ1v) is 16.3. The Morgan fingerprint density at radius 3 is 2.54 bits per heavy atom. The van der Waals surface area contributed by atoms with Crippen molar-refractivity contribution >= 4 is 39.8 Å². The fraction of sp³-hybridized carbons (Fsp3) is 0.500. The van der Waals surface area contributed by atoms with Crippen LogP contribution < -0.4 is 21.7 Å². The van der Waals surface area contributed by atoms with Crippen LogP contribution >= 0.6 is 11.3 Å². The number of halogens is 1. The summed E-state index contributed by atoms with van der Waals surface area (Å²) in [6, 6.07) is 9.67. The van der Waals surface area contributed by atoms with E-state index in [4.69, 9.17) is 16.5 Å². The number of hydrogen-bond acceptors (Lipinski definition) is 8. The van der Waals surface area contributed by atoms with Gasteiger partial charge >= 0.3 is 0 Å². The van der Waals surface area contributed by atoms with Gasteiger partial charge in [0, 0.05) is 23.2 Å². The number of hydrogen-bond donors (Lipinski definition) is 3. The molecule has 0 bridgehead atoms. The van der Waals surface area contributed by atoms with Crippen LogP contribution in [0.2, 0.25) is 0 Å². The number of nitriles is 1. The third kappa shape index (κ3) is 7.61. The van der Waals surface area contributed by atoms with Crippen LogP contribution in [0.5, 0.6) is 0 Å². The average Bonchev–Trinajstić information content (AvgIpc) is 3.40. The number of carbonyl (C=O) groups excluding carboxylic acids is 1. The van der Waals surface area contributed by atoms with Gasteiger partial charge < -0.3 is 26.2 Å². The van der Waals surface area contributed by atoms with Crippen molar-refractivity contribution < 1.29 is 13.7 Å². The van der Waals surface area contributed by atoms with E-state index < -0.39 is 29.3 Å². The number of carbonyl (C=O) groups is 1. The lowest BCUT2D eigenvalue weighted by Crippen LogP contribution is -2.44. The number of nitrogens with zero attached hydrogens (tertiary/aromatic N) is 3. The van der Waals surface area contributed by atoms with Crippen LogP contribution in [0, 0.1) is 23.2 Å². The molecule has 11 heteroatoms. The van der Waals surface area contributed by atoms with Crippen LogP contribution in [-0.4, -0.2) is 52.3 Å².